The number of azo groups is 1. The van der Waals surface area contributed by atoms with Gasteiger partial charge in [0.15, 0.2) is 0 Å². The molecule has 4 nitrogen and oxygen atoms in total. The first-order valence-corrected chi connectivity index (χ1v) is 4.88. The third-order valence-corrected chi connectivity index (χ3v) is 2.14. The van der Waals surface area contributed by atoms with Gasteiger partial charge in [-0.2, -0.15) is 0 Å². The molecule has 0 fully saturated rings. The van der Waals surface area contributed by atoms with Crippen molar-refractivity contribution in [3.8, 4) is 0 Å². The Morgan fingerprint density at radius 2 is 0.944 bits per heavy atom. The van der Waals surface area contributed by atoms with Crippen molar-refractivity contribution >= 4 is 47.6 Å². The second-order valence-corrected chi connectivity index (χ2v) is 3.32. The quantitative estimate of drug-likeness (QED) is 0.643. The molecule has 18 heavy (non-hydrogen) atoms. The summed E-state index contributed by atoms with van der Waals surface area (Å²) in [6.45, 7) is 0. The average Bonchev–Trinajstić information content (AvgIpc) is 2.30. The summed E-state index contributed by atoms with van der Waals surface area (Å²) in [5.41, 5.74) is 14.0. The lowest BCUT2D eigenvalue weighted by atomic mass is 10.3. The van der Waals surface area contributed by atoms with E-state index in [1.54, 1.807) is 24.3 Å². The van der Waals surface area contributed by atoms with Crippen molar-refractivity contribution in [2.24, 2.45) is 10.2 Å². The number of nitrogens with zero attached hydrogens (tertiary/aromatic N) is 2. The third kappa shape index (κ3) is 3.91. The monoisotopic (exact) mass is 284 g/mol. The summed E-state index contributed by atoms with van der Waals surface area (Å²) in [5, 5.41) is 8.11. The molecule has 0 aromatic heterocycles. The van der Waals surface area contributed by atoms with Crippen LogP contribution in [0.2, 0.25) is 0 Å². The zero-order valence-electron chi connectivity index (χ0n) is 9.48. The molecule has 96 valence electrons. The Kier molecular flexibility index (Phi) is 6.78. The Morgan fingerprint density at radius 3 is 1.28 bits per heavy atom. The highest BCUT2D eigenvalue weighted by atomic mass is 35.5. The summed E-state index contributed by atoms with van der Waals surface area (Å²) in [7, 11) is 0. The average molecular weight is 285 g/mol. The van der Waals surface area contributed by atoms with Crippen molar-refractivity contribution in [1.82, 2.24) is 0 Å². The van der Waals surface area contributed by atoms with Gasteiger partial charge in [0.05, 0.1) is 11.4 Å². The SMILES string of the molecule is Cl.Cl.Nc1ccccc1N=Nc1ccccc1N. The van der Waals surface area contributed by atoms with Crippen LogP contribution >= 0.6 is 24.8 Å². The smallest absolute Gasteiger partial charge is 0.109 e. The Labute approximate surface area is 118 Å². The van der Waals surface area contributed by atoms with E-state index in [9.17, 15) is 0 Å². The molecule has 0 aliphatic heterocycles. The van der Waals surface area contributed by atoms with Gasteiger partial charge >= 0.3 is 0 Å². The maximum atomic E-state index is 5.74. The molecule has 0 unspecified atom stereocenters. The van der Waals surface area contributed by atoms with Crippen molar-refractivity contribution in [2.75, 3.05) is 11.5 Å². The Morgan fingerprint density at radius 1 is 0.611 bits per heavy atom. The zero-order valence-corrected chi connectivity index (χ0v) is 11.1. The standard InChI is InChI=1S/C12H12N4.2ClH/c13-9-5-1-3-7-11(9)15-16-12-8-4-2-6-10(12)14;;/h1-8H,13-14H2;2*1H. The summed E-state index contributed by atoms with van der Waals surface area (Å²) < 4.78 is 0. The van der Waals surface area contributed by atoms with E-state index in [0.29, 0.717) is 22.7 Å². The van der Waals surface area contributed by atoms with Crippen molar-refractivity contribution < 1.29 is 0 Å². The van der Waals surface area contributed by atoms with Crippen LogP contribution in [0, 0.1) is 0 Å². The van der Waals surface area contributed by atoms with Gasteiger partial charge in [-0.15, -0.1) is 35.0 Å². The summed E-state index contributed by atoms with van der Waals surface area (Å²) in [4.78, 5) is 0. The van der Waals surface area contributed by atoms with Crippen LogP contribution in [-0.2, 0) is 0 Å². The largest absolute Gasteiger partial charge is 0.397 e. The lowest BCUT2D eigenvalue weighted by molar-refractivity contribution is 1.23. The Balaban J connectivity index is 0.00000144. The highest BCUT2D eigenvalue weighted by Gasteiger charge is 1.96. The van der Waals surface area contributed by atoms with Gasteiger partial charge in [-0.25, -0.2) is 0 Å². The van der Waals surface area contributed by atoms with Crippen LogP contribution in [-0.4, -0.2) is 0 Å². The first kappa shape index (κ1) is 16.2. The van der Waals surface area contributed by atoms with E-state index in [0.717, 1.165) is 0 Å². The molecule has 2 aromatic carbocycles. The van der Waals surface area contributed by atoms with Crippen LogP contribution in [0.1, 0.15) is 0 Å². The number of rotatable bonds is 2. The molecule has 0 spiro atoms. The summed E-state index contributed by atoms with van der Waals surface area (Å²) in [6.07, 6.45) is 0. The van der Waals surface area contributed by atoms with E-state index in [1.807, 2.05) is 24.3 Å². The van der Waals surface area contributed by atoms with Crippen molar-refractivity contribution in [1.29, 1.82) is 0 Å². The Bertz CT molecular complexity index is 481. The van der Waals surface area contributed by atoms with Crippen molar-refractivity contribution in [3.05, 3.63) is 48.5 Å². The minimum absolute atomic E-state index is 0. The topological polar surface area (TPSA) is 76.8 Å². The van der Waals surface area contributed by atoms with E-state index in [4.69, 9.17) is 11.5 Å². The van der Waals surface area contributed by atoms with E-state index in [1.165, 1.54) is 0 Å². The number of nitrogen functional groups attached to an aromatic ring is 2. The fourth-order valence-electron chi connectivity index (χ4n) is 1.26. The lowest BCUT2D eigenvalue weighted by Gasteiger charge is -1.99. The molecule has 2 aromatic rings. The highest BCUT2D eigenvalue weighted by molar-refractivity contribution is 5.85. The van der Waals surface area contributed by atoms with E-state index in [2.05, 4.69) is 10.2 Å². The maximum Gasteiger partial charge on any atom is 0.109 e. The number of hydrogen-bond acceptors (Lipinski definition) is 4. The van der Waals surface area contributed by atoms with Crippen LogP contribution in [0.4, 0.5) is 22.7 Å². The first-order valence-electron chi connectivity index (χ1n) is 4.88. The molecule has 4 N–H and O–H groups in total. The van der Waals surface area contributed by atoms with Gasteiger partial charge < -0.3 is 11.5 Å². The van der Waals surface area contributed by atoms with Crippen molar-refractivity contribution in [3.63, 3.8) is 0 Å². The van der Waals surface area contributed by atoms with E-state index in [-0.39, 0.29) is 24.8 Å². The van der Waals surface area contributed by atoms with Crippen LogP contribution in [0.15, 0.2) is 58.8 Å². The molecule has 0 aliphatic carbocycles. The van der Waals surface area contributed by atoms with E-state index < -0.39 is 0 Å². The molecule has 6 heteroatoms. The first-order chi connectivity index (χ1) is 7.77. The zero-order chi connectivity index (χ0) is 11.4. The fourth-order valence-corrected chi connectivity index (χ4v) is 1.26. The van der Waals surface area contributed by atoms with Gasteiger partial charge in [0.25, 0.3) is 0 Å². The van der Waals surface area contributed by atoms with Gasteiger partial charge in [-0.05, 0) is 24.3 Å². The van der Waals surface area contributed by atoms with Gasteiger partial charge in [0.2, 0.25) is 0 Å². The van der Waals surface area contributed by atoms with Gasteiger partial charge in [0, 0.05) is 0 Å². The highest BCUT2D eigenvalue weighted by Crippen LogP contribution is 2.26. The van der Waals surface area contributed by atoms with Gasteiger partial charge in [0.1, 0.15) is 11.4 Å². The van der Waals surface area contributed by atoms with Gasteiger partial charge in [-0.1, -0.05) is 24.3 Å². The number of hydrogen-bond donors (Lipinski definition) is 2. The molecule has 0 atom stereocenters. The fraction of sp³-hybridized carbons (Fsp3) is 0. The number of nitrogens with two attached hydrogens (primary N) is 2. The number of para-hydroxylation sites is 2. The number of halogens is 2. The summed E-state index contributed by atoms with van der Waals surface area (Å²) >= 11 is 0. The summed E-state index contributed by atoms with van der Waals surface area (Å²) in [6, 6.07) is 14.6. The number of anilines is 2. The minimum atomic E-state index is 0. The van der Waals surface area contributed by atoms with Crippen LogP contribution in [0.3, 0.4) is 0 Å². The van der Waals surface area contributed by atoms with E-state index >= 15 is 0 Å². The molecule has 2 rings (SSSR count). The predicted molar refractivity (Wildman–Crippen MR) is 80.4 cm³/mol. The Hall–Kier alpha value is -1.78. The van der Waals surface area contributed by atoms with Crippen molar-refractivity contribution in [2.45, 2.75) is 0 Å². The number of benzene rings is 2. The maximum absolute atomic E-state index is 5.74. The van der Waals surface area contributed by atoms with Crippen LogP contribution < -0.4 is 11.5 Å². The minimum Gasteiger partial charge on any atom is -0.397 e. The molecule has 0 radical (unpaired) electrons. The second kappa shape index (κ2) is 7.53. The molecule has 0 saturated carbocycles. The summed E-state index contributed by atoms with van der Waals surface area (Å²) in [5.74, 6) is 0. The molecule has 0 heterocycles. The predicted octanol–water partition coefficient (Wildman–Crippen LogP) is 4.11. The van der Waals surface area contributed by atoms with Crippen LogP contribution in [0.5, 0.6) is 0 Å². The normalized spacial score (nSPS) is 9.56. The van der Waals surface area contributed by atoms with Gasteiger partial charge in [-0.3, -0.25) is 0 Å². The molecule has 0 aliphatic rings. The molecular weight excluding hydrogens is 271 g/mol. The third-order valence-electron chi connectivity index (χ3n) is 2.14. The molecule has 0 amide bonds. The molecule has 0 bridgehead atoms. The molecule has 0 saturated heterocycles. The second-order valence-electron chi connectivity index (χ2n) is 3.32. The lowest BCUT2D eigenvalue weighted by Crippen LogP contribution is -1.84. The van der Waals surface area contributed by atoms with Crippen LogP contribution in [0.25, 0.3) is 0 Å². The molecular formula is C12H14Cl2N4.